The van der Waals surface area contributed by atoms with E-state index in [-0.39, 0.29) is 5.97 Å². The second-order valence-corrected chi connectivity index (χ2v) is 3.22. The molecule has 0 aliphatic heterocycles. The predicted octanol–water partition coefficient (Wildman–Crippen LogP) is 3.11. The number of esters is 1. The zero-order valence-electron chi connectivity index (χ0n) is 8.84. The topological polar surface area (TPSA) is 26.3 Å². The van der Waals surface area contributed by atoms with Crippen molar-refractivity contribution in [1.82, 2.24) is 0 Å². The molecular formula is C11H21O2. The van der Waals surface area contributed by atoms with Crippen molar-refractivity contribution in [2.45, 2.75) is 52.4 Å². The van der Waals surface area contributed by atoms with E-state index < -0.39 is 0 Å². The van der Waals surface area contributed by atoms with Gasteiger partial charge in [0.25, 0.3) is 0 Å². The summed E-state index contributed by atoms with van der Waals surface area (Å²) in [4.78, 5) is 11.0. The van der Waals surface area contributed by atoms with E-state index in [4.69, 9.17) is 4.74 Å². The van der Waals surface area contributed by atoms with Crippen molar-refractivity contribution in [2.75, 3.05) is 6.61 Å². The summed E-state index contributed by atoms with van der Waals surface area (Å²) in [7, 11) is 0. The lowest BCUT2D eigenvalue weighted by atomic mass is 10.2. The van der Waals surface area contributed by atoms with Crippen LogP contribution in [0, 0.1) is 6.42 Å². The third-order valence-electron chi connectivity index (χ3n) is 1.86. The highest BCUT2D eigenvalue weighted by Gasteiger charge is 2.01. The monoisotopic (exact) mass is 185 g/mol. The first-order valence-electron chi connectivity index (χ1n) is 5.31. The third-order valence-corrected chi connectivity index (χ3v) is 1.86. The van der Waals surface area contributed by atoms with Crippen LogP contribution in [0.3, 0.4) is 0 Å². The normalized spacial score (nSPS) is 10.0. The molecular weight excluding hydrogens is 164 g/mol. The molecule has 0 unspecified atom stereocenters. The molecule has 0 rings (SSSR count). The Bertz CT molecular complexity index is 121. The first-order chi connectivity index (χ1) is 6.31. The minimum Gasteiger partial charge on any atom is -0.465 e. The van der Waals surface area contributed by atoms with Crippen molar-refractivity contribution in [3.8, 4) is 0 Å². The lowest BCUT2D eigenvalue weighted by molar-refractivity contribution is -0.139. The maximum atomic E-state index is 11.0. The van der Waals surface area contributed by atoms with Gasteiger partial charge < -0.3 is 4.74 Å². The van der Waals surface area contributed by atoms with Crippen molar-refractivity contribution in [3.63, 3.8) is 0 Å². The largest absolute Gasteiger partial charge is 0.465 e. The van der Waals surface area contributed by atoms with Gasteiger partial charge >= 0.3 is 5.97 Å². The molecule has 0 amide bonds. The quantitative estimate of drug-likeness (QED) is 0.429. The SMILES string of the molecule is CCCCC[CH]C(=O)OCCCC. The van der Waals surface area contributed by atoms with Gasteiger partial charge in [-0.15, -0.1) is 0 Å². The van der Waals surface area contributed by atoms with Gasteiger partial charge in [0, 0.05) is 0 Å². The molecule has 77 valence electrons. The van der Waals surface area contributed by atoms with E-state index in [1.165, 1.54) is 12.8 Å². The molecule has 0 N–H and O–H groups in total. The van der Waals surface area contributed by atoms with Crippen molar-refractivity contribution >= 4 is 5.97 Å². The number of hydrogen-bond donors (Lipinski definition) is 0. The van der Waals surface area contributed by atoms with Crippen LogP contribution in [-0.2, 0) is 9.53 Å². The summed E-state index contributed by atoms with van der Waals surface area (Å²) in [5.41, 5.74) is 0. The summed E-state index contributed by atoms with van der Waals surface area (Å²) in [6, 6.07) is 0. The average Bonchev–Trinajstić information content (AvgIpc) is 2.13. The smallest absolute Gasteiger partial charge is 0.309 e. The highest BCUT2D eigenvalue weighted by Crippen LogP contribution is 2.02. The summed E-state index contributed by atoms with van der Waals surface area (Å²) < 4.78 is 4.97. The standard InChI is InChI=1S/C11H21O2/c1-3-5-7-8-9-11(12)13-10-6-4-2/h9H,3-8,10H2,1-2H3. The maximum absolute atomic E-state index is 11.0. The summed E-state index contributed by atoms with van der Waals surface area (Å²) in [6.45, 7) is 4.80. The molecule has 13 heavy (non-hydrogen) atoms. The second-order valence-electron chi connectivity index (χ2n) is 3.22. The van der Waals surface area contributed by atoms with Crippen LogP contribution in [0.4, 0.5) is 0 Å². The third kappa shape index (κ3) is 9.38. The minimum absolute atomic E-state index is 0.149. The summed E-state index contributed by atoms with van der Waals surface area (Å²) in [6.07, 6.45) is 8.04. The van der Waals surface area contributed by atoms with Gasteiger partial charge in [-0.2, -0.15) is 0 Å². The van der Waals surface area contributed by atoms with Gasteiger partial charge in [-0.25, -0.2) is 0 Å². The Morgan fingerprint density at radius 1 is 1.15 bits per heavy atom. The summed E-state index contributed by atoms with van der Waals surface area (Å²) in [5, 5.41) is 0. The van der Waals surface area contributed by atoms with E-state index in [2.05, 4.69) is 13.8 Å². The van der Waals surface area contributed by atoms with Crippen molar-refractivity contribution in [1.29, 1.82) is 0 Å². The van der Waals surface area contributed by atoms with Crippen LogP contribution in [0.5, 0.6) is 0 Å². The zero-order valence-corrected chi connectivity index (χ0v) is 8.84. The molecule has 0 aliphatic carbocycles. The molecule has 2 nitrogen and oxygen atoms in total. The maximum Gasteiger partial charge on any atom is 0.309 e. The Kier molecular flexibility index (Phi) is 9.17. The molecule has 0 aliphatic rings. The molecule has 0 heterocycles. The fraction of sp³-hybridized carbons (Fsp3) is 0.818. The molecule has 1 radical (unpaired) electrons. The Balaban J connectivity index is 3.11. The molecule has 0 atom stereocenters. The number of unbranched alkanes of at least 4 members (excludes halogenated alkanes) is 4. The molecule has 0 aromatic carbocycles. The van der Waals surface area contributed by atoms with Crippen molar-refractivity contribution in [3.05, 3.63) is 6.42 Å². The Morgan fingerprint density at radius 2 is 1.85 bits per heavy atom. The number of carbonyl (C=O) groups is 1. The van der Waals surface area contributed by atoms with Gasteiger partial charge in [-0.1, -0.05) is 39.5 Å². The first kappa shape index (κ1) is 12.5. The van der Waals surface area contributed by atoms with Crippen molar-refractivity contribution in [2.24, 2.45) is 0 Å². The van der Waals surface area contributed by atoms with Crippen LogP contribution in [0.2, 0.25) is 0 Å². The van der Waals surface area contributed by atoms with E-state index in [0.717, 1.165) is 25.7 Å². The molecule has 0 saturated carbocycles. The lowest BCUT2D eigenvalue weighted by Crippen LogP contribution is -2.05. The first-order valence-corrected chi connectivity index (χ1v) is 5.31. The molecule has 2 heteroatoms. The van der Waals surface area contributed by atoms with Crippen LogP contribution >= 0.6 is 0 Å². The number of carbonyl (C=O) groups excluding carboxylic acids is 1. The van der Waals surface area contributed by atoms with E-state index in [1.807, 2.05) is 0 Å². The van der Waals surface area contributed by atoms with E-state index in [1.54, 1.807) is 6.42 Å². The number of ether oxygens (including phenoxy) is 1. The highest BCUT2D eigenvalue weighted by atomic mass is 16.5. The highest BCUT2D eigenvalue weighted by molar-refractivity contribution is 5.78. The van der Waals surface area contributed by atoms with Gasteiger partial charge in [-0.05, 0) is 12.8 Å². The van der Waals surface area contributed by atoms with Gasteiger partial charge in [0.05, 0.1) is 13.0 Å². The fourth-order valence-electron chi connectivity index (χ4n) is 0.990. The lowest BCUT2D eigenvalue weighted by Gasteiger charge is -2.02. The molecule has 0 fully saturated rings. The van der Waals surface area contributed by atoms with Gasteiger partial charge in [0.15, 0.2) is 0 Å². The Hall–Kier alpha value is -0.530. The minimum atomic E-state index is -0.149. The number of rotatable bonds is 8. The fourth-order valence-corrected chi connectivity index (χ4v) is 0.990. The van der Waals surface area contributed by atoms with Crippen LogP contribution in [0.15, 0.2) is 0 Å². The van der Waals surface area contributed by atoms with Gasteiger partial charge in [0.2, 0.25) is 0 Å². The average molecular weight is 185 g/mol. The molecule has 0 aromatic heterocycles. The summed E-state index contributed by atoms with van der Waals surface area (Å²) >= 11 is 0. The van der Waals surface area contributed by atoms with E-state index in [0.29, 0.717) is 6.61 Å². The van der Waals surface area contributed by atoms with Crippen LogP contribution in [-0.4, -0.2) is 12.6 Å². The van der Waals surface area contributed by atoms with E-state index >= 15 is 0 Å². The number of hydrogen-bond acceptors (Lipinski definition) is 2. The molecule has 0 saturated heterocycles. The second kappa shape index (κ2) is 9.56. The Morgan fingerprint density at radius 3 is 2.46 bits per heavy atom. The van der Waals surface area contributed by atoms with Crippen LogP contribution < -0.4 is 0 Å². The molecule has 0 spiro atoms. The predicted molar refractivity (Wildman–Crippen MR) is 54.3 cm³/mol. The Labute approximate surface area is 81.7 Å². The summed E-state index contributed by atoms with van der Waals surface area (Å²) in [5.74, 6) is -0.149. The molecule has 0 bridgehead atoms. The van der Waals surface area contributed by atoms with Crippen LogP contribution in [0.25, 0.3) is 0 Å². The van der Waals surface area contributed by atoms with Gasteiger partial charge in [0.1, 0.15) is 0 Å². The van der Waals surface area contributed by atoms with Gasteiger partial charge in [-0.3, -0.25) is 4.79 Å². The van der Waals surface area contributed by atoms with Crippen LogP contribution in [0.1, 0.15) is 52.4 Å². The van der Waals surface area contributed by atoms with E-state index in [9.17, 15) is 4.79 Å². The zero-order chi connectivity index (χ0) is 9.94. The molecule has 0 aromatic rings. The van der Waals surface area contributed by atoms with Crippen molar-refractivity contribution < 1.29 is 9.53 Å².